The summed E-state index contributed by atoms with van der Waals surface area (Å²) in [6.07, 6.45) is 1.01. The highest BCUT2D eigenvalue weighted by molar-refractivity contribution is 5.49. The molecule has 1 aliphatic heterocycles. The number of rotatable bonds is 5. The summed E-state index contributed by atoms with van der Waals surface area (Å²) in [6, 6.07) is 15.1. The molecule has 0 saturated heterocycles. The predicted molar refractivity (Wildman–Crippen MR) is 84.8 cm³/mol. The first-order chi connectivity index (χ1) is 10.3. The summed E-state index contributed by atoms with van der Waals surface area (Å²) in [5, 5.41) is 3.55. The van der Waals surface area contributed by atoms with Crippen LogP contribution in [-0.4, -0.2) is 13.7 Å². The van der Waals surface area contributed by atoms with E-state index in [2.05, 4.69) is 54.7 Å². The fraction of sp³-hybridized carbons (Fsp3) is 0.333. The van der Waals surface area contributed by atoms with Crippen molar-refractivity contribution in [1.29, 1.82) is 0 Å². The molecule has 0 radical (unpaired) electrons. The molecule has 2 aromatic carbocycles. The lowest BCUT2D eigenvalue weighted by Gasteiger charge is -2.17. The molecule has 3 nitrogen and oxygen atoms in total. The van der Waals surface area contributed by atoms with Gasteiger partial charge in [0.2, 0.25) is 0 Å². The first kappa shape index (κ1) is 14.0. The van der Waals surface area contributed by atoms with Crippen LogP contribution >= 0.6 is 0 Å². The number of ether oxygens (including phenoxy) is 2. The first-order valence-electron chi connectivity index (χ1n) is 7.36. The van der Waals surface area contributed by atoms with Gasteiger partial charge in [-0.3, -0.25) is 0 Å². The number of hydrogen-bond donors (Lipinski definition) is 1. The molecule has 3 heteroatoms. The molecule has 0 amide bonds. The Balaban J connectivity index is 1.73. The summed E-state index contributed by atoms with van der Waals surface area (Å²) in [5.74, 6) is 1.04. The van der Waals surface area contributed by atoms with Crippen molar-refractivity contribution in [2.24, 2.45) is 0 Å². The average Bonchev–Trinajstić information content (AvgIpc) is 2.95. The number of benzene rings is 2. The molecule has 0 saturated carbocycles. The van der Waals surface area contributed by atoms with Gasteiger partial charge in [0, 0.05) is 25.3 Å². The van der Waals surface area contributed by atoms with E-state index in [4.69, 9.17) is 9.47 Å². The fourth-order valence-corrected chi connectivity index (χ4v) is 2.73. The highest BCUT2D eigenvalue weighted by Gasteiger charge is 2.14. The Morgan fingerprint density at radius 2 is 2.14 bits per heavy atom. The Bertz CT molecular complexity index is 624. The average molecular weight is 283 g/mol. The molecule has 0 bridgehead atoms. The monoisotopic (exact) mass is 283 g/mol. The molecule has 0 fully saturated rings. The highest BCUT2D eigenvalue weighted by Crippen LogP contribution is 2.29. The topological polar surface area (TPSA) is 30.5 Å². The number of nitrogens with one attached hydrogen (secondary N) is 1. The van der Waals surface area contributed by atoms with Gasteiger partial charge in [-0.15, -0.1) is 0 Å². The third-order valence-corrected chi connectivity index (χ3v) is 3.83. The van der Waals surface area contributed by atoms with E-state index < -0.39 is 0 Å². The number of methoxy groups -OCH3 is 1. The fourth-order valence-electron chi connectivity index (χ4n) is 2.73. The number of anilines is 1. The lowest BCUT2D eigenvalue weighted by Crippen LogP contribution is -2.07. The zero-order valence-electron chi connectivity index (χ0n) is 12.6. The van der Waals surface area contributed by atoms with Crippen molar-refractivity contribution >= 4 is 5.69 Å². The zero-order chi connectivity index (χ0) is 14.7. The van der Waals surface area contributed by atoms with Crippen molar-refractivity contribution in [3.8, 4) is 5.75 Å². The Hall–Kier alpha value is -2.00. The van der Waals surface area contributed by atoms with Crippen molar-refractivity contribution in [1.82, 2.24) is 0 Å². The van der Waals surface area contributed by atoms with Crippen LogP contribution in [0.1, 0.15) is 29.7 Å². The Kier molecular flexibility index (Phi) is 4.11. The van der Waals surface area contributed by atoms with Crippen molar-refractivity contribution in [3.05, 3.63) is 59.2 Å². The summed E-state index contributed by atoms with van der Waals surface area (Å²) in [7, 11) is 1.72. The molecular formula is C18H21NO2. The van der Waals surface area contributed by atoms with Crippen LogP contribution in [0.4, 0.5) is 5.69 Å². The quantitative estimate of drug-likeness (QED) is 0.901. The minimum Gasteiger partial charge on any atom is -0.493 e. The van der Waals surface area contributed by atoms with Gasteiger partial charge in [0.05, 0.1) is 13.2 Å². The molecule has 1 N–H and O–H groups in total. The number of hydrogen-bond acceptors (Lipinski definition) is 3. The maximum Gasteiger partial charge on any atom is 0.122 e. The van der Waals surface area contributed by atoms with Crippen LogP contribution in [0.2, 0.25) is 0 Å². The van der Waals surface area contributed by atoms with Crippen LogP contribution < -0.4 is 10.1 Å². The maximum atomic E-state index is 5.56. The SMILES string of the molecule is COCc1cccc(NC(C)c2ccc3c(c2)CCO3)c1. The minimum absolute atomic E-state index is 0.258. The molecule has 110 valence electrons. The lowest BCUT2D eigenvalue weighted by atomic mass is 10.0. The molecule has 21 heavy (non-hydrogen) atoms. The summed E-state index contributed by atoms with van der Waals surface area (Å²) < 4.78 is 10.7. The van der Waals surface area contributed by atoms with Gasteiger partial charge >= 0.3 is 0 Å². The van der Waals surface area contributed by atoms with Crippen molar-refractivity contribution < 1.29 is 9.47 Å². The largest absolute Gasteiger partial charge is 0.493 e. The smallest absolute Gasteiger partial charge is 0.122 e. The standard InChI is InChI=1S/C18H21NO2/c1-13(15-6-7-18-16(11-15)8-9-21-18)19-17-5-3-4-14(10-17)12-20-2/h3-7,10-11,13,19H,8-9,12H2,1-2H3. The highest BCUT2D eigenvalue weighted by atomic mass is 16.5. The van der Waals surface area contributed by atoms with E-state index in [-0.39, 0.29) is 6.04 Å². The first-order valence-corrected chi connectivity index (χ1v) is 7.36. The van der Waals surface area contributed by atoms with Gasteiger partial charge in [0.15, 0.2) is 0 Å². The van der Waals surface area contributed by atoms with Gasteiger partial charge in [-0.2, -0.15) is 0 Å². The summed E-state index contributed by atoms with van der Waals surface area (Å²) >= 11 is 0. The van der Waals surface area contributed by atoms with Crippen LogP contribution in [0.5, 0.6) is 5.75 Å². The van der Waals surface area contributed by atoms with Crippen LogP contribution in [0.25, 0.3) is 0 Å². The molecule has 1 unspecified atom stereocenters. The molecule has 0 aromatic heterocycles. The van der Waals surface area contributed by atoms with Crippen LogP contribution in [0, 0.1) is 0 Å². The van der Waals surface area contributed by atoms with Crippen LogP contribution in [0.3, 0.4) is 0 Å². The Morgan fingerprint density at radius 3 is 3.00 bits per heavy atom. The van der Waals surface area contributed by atoms with E-state index in [1.807, 2.05) is 0 Å². The zero-order valence-corrected chi connectivity index (χ0v) is 12.6. The summed E-state index contributed by atoms with van der Waals surface area (Å²) in [6.45, 7) is 3.63. The normalized spacial score (nSPS) is 14.4. The molecule has 3 rings (SSSR count). The third kappa shape index (κ3) is 3.19. The predicted octanol–water partition coefficient (Wildman–Crippen LogP) is 3.94. The molecule has 1 aliphatic rings. The summed E-state index contributed by atoms with van der Waals surface area (Å²) in [4.78, 5) is 0. The van der Waals surface area contributed by atoms with E-state index in [1.54, 1.807) is 7.11 Å². The van der Waals surface area contributed by atoms with E-state index >= 15 is 0 Å². The Morgan fingerprint density at radius 1 is 1.24 bits per heavy atom. The maximum absolute atomic E-state index is 5.56. The van der Waals surface area contributed by atoms with E-state index in [9.17, 15) is 0 Å². The van der Waals surface area contributed by atoms with Crippen LogP contribution in [0.15, 0.2) is 42.5 Å². The minimum atomic E-state index is 0.258. The molecule has 1 atom stereocenters. The third-order valence-electron chi connectivity index (χ3n) is 3.83. The second kappa shape index (κ2) is 6.19. The van der Waals surface area contributed by atoms with Gasteiger partial charge in [-0.1, -0.05) is 18.2 Å². The van der Waals surface area contributed by atoms with Gasteiger partial charge in [0.1, 0.15) is 5.75 Å². The summed E-state index contributed by atoms with van der Waals surface area (Å²) in [5.41, 5.74) is 4.90. The molecule has 2 aromatic rings. The van der Waals surface area contributed by atoms with Gasteiger partial charge in [-0.05, 0) is 47.9 Å². The molecular weight excluding hydrogens is 262 g/mol. The molecule has 0 spiro atoms. The Labute approximate surface area is 125 Å². The van der Waals surface area contributed by atoms with Crippen LogP contribution in [-0.2, 0) is 17.8 Å². The van der Waals surface area contributed by atoms with E-state index in [0.29, 0.717) is 6.61 Å². The van der Waals surface area contributed by atoms with Crippen molar-refractivity contribution in [3.63, 3.8) is 0 Å². The number of fused-ring (bicyclic) bond motifs is 1. The van der Waals surface area contributed by atoms with Crippen molar-refractivity contribution in [2.75, 3.05) is 19.0 Å². The van der Waals surface area contributed by atoms with Gasteiger partial charge in [0.25, 0.3) is 0 Å². The van der Waals surface area contributed by atoms with Gasteiger partial charge < -0.3 is 14.8 Å². The van der Waals surface area contributed by atoms with Gasteiger partial charge in [-0.25, -0.2) is 0 Å². The molecule has 1 heterocycles. The van der Waals surface area contributed by atoms with E-state index in [0.717, 1.165) is 24.5 Å². The molecule has 0 aliphatic carbocycles. The van der Waals surface area contributed by atoms with E-state index in [1.165, 1.54) is 16.7 Å². The second-order valence-corrected chi connectivity index (χ2v) is 5.47. The second-order valence-electron chi connectivity index (χ2n) is 5.47. The lowest BCUT2D eigenvalue weighted by molar-refractivity contribution is 0.185. The van der Waals surface area contributed by atoms with Crippen molar-refractivity contribution in [2.45, 2.75) is 26.0 Å².